The minimum Gasteiger partial charge on any atom is -0.382 e. The van der Waals surface area contributed by atoms with Crippen molar-refractivity contribution in [3.8, 4) is 17.2 Å². The van der Waals surface area contributed by atoms with Gasteiger partial charge in [-0.2, -0.15) is 10.4 Å². The lowest BCUT2D eigenvalue weighted by Crippen LogP contribution is -2.26. The molecule has 2 heterocycles. The van der Waals surface area contributed by atoms with Gasteiger partial charge in [0.25, 0.3) is 5.91 Å². The monoisotopic (exact) mass is 406 g/mol. The van der Waals surface area contributed by atoms with Gasteiger partial charge in [0.05, 0.1) is 17.1 Å². The molecule has 8 heteroatoms. The SMILES string of the molecule is Cc1c(-c2ccc(C#N)c(Cl)c2)c(N)nn1Cc1ccc(C(=O)NC2CC2)nc1. The molecule has 0 bridgehead atoms. The van der Waals surface area contributed by atoms with Crippen LogP contribution in [0.15, 0.2) is 36.5 Å². The third-order valence-electron chi connectivity index (χ3n) is 4.91. The Kier molecular flexibility index (Phi) is 4.95. The Bertz CT molecular complexity index is 1130. The first-order valence-corrected chi connectivity index (χ1v) is 9.62. The van der Waals surface area contributed by atoms with Crippen molar-refractivity contribution in [2.45, 2.75) is 32.4 Å². The van der Waals surface area contributed by atoms with E-state index in [0.29, 0.717) is 34.7 Å². The molecule has 0 saturated heterocycles. The van der Waals surface area contributed by atoms with E-state index in [1.165, 1.54) is 0 Å². The van der Waals surface area contributed by atoms with Gasteiger partial charge < -0.3 is 11.1 Å². The lowest BCUT2D eigenvalue weighted by molar-refractivity contribution is 0.0946. The van der Waals surface area contributed by atoms with E-state index in [1.807, 2.05) is 25.1 Å². The fraction of sp³-hybridized carbons (Fsp3) is 0.238. The number of hydrogen-bond donors (Lipinski definition) is 2. The maximum absolute atomic E-state index is 12.1. The Morgan fingerprint density at radius 1 is 1.38 bits per heavy atom. The molecular formula is C21H19ClN6O. The highest BCUT2D eigenvalue weighted by molar-refractivity contribution is 6.32. The summed E-state index contributed by atoms with van der Waals surface area (Å²) in [5.41, 5.74) is 10.3. The molecule has 2 aromatic heterocycles. The number of nitrogens with zero attached hydrogens (tertiary/aromatic N) is 4. The second-order valence-corrected chi connectivity index (χ2v) is 7.52. The number of nitrogens with two attached hydrogens (primary N) is 1. The van der Waals surface area contributed by atoms with Gasteiger partial charge in [-0.15, -0.1) is 0 Å². The average Bonchev–Trinajstić information content (AvgIpc) is 3.47. The summed E-state index contributed by atoms with van der Waals surface area (Å²) < 4.78 is 1.79. The summed E-state index contributed by atoms with van der Waals surface area (Å²) in [5, 5.41) is 16.8. The normalized spacial score (nSPS) is 13.1. The number of nitrogens with one attached hydrogen (secondary N) is 1. The second kappa shape index (κ2) is 7.57. The minimum atomic E-state index is -0.140. The van der Waals surface area contributed by atoms with Crippen LogP contribution in [-0.2, 0) is 6.54 Å². The summed E-state index contributed by atoms with van der Waals surface area (Å²) >= 11 is 6.16. The molecule has 7 nitrogen and oxygen atoms in total. The van der Waals surface area contributed by atoms with Gasteiger partial charge in [-0.1, -0.05) is 23.7 Å². The number of halogens is 1. The van der Waals surface area contributed by atoms with Crippen molar-refractivity contribution in [3.63, 3.8) is 0 Å². The maximum Gasteiger partial charge on any atom is 0.270 e. The van der Waals surface area contributed by atoms with Crippen LogP contribution in [0.25, 0.3) is 11.1 Å². The van der Waals surface area contributed by atoms with Crippen molar-refractivity contribution in [2.24, 2.45) is 0 Å². The van der Waals surface area contributed by atoms with E-state index in [0.717, 1.165) is 35.2 Å². The number of carbonyl (C=O) groups is 1. The van der Waals surface area contributed by atoms with Gasteiger partial charge in [0.1, 0.15) is 11.8 Å². The number of aromatic nitrogens is 3. The van der Waals surface area contributed by atoms with E-state index in [2.05, 4.69) is 15.4 Å². The first-order valence-electron chi connectivity index (χ1n) is 9.25. The summed E-state index contributed by atoms with van der Waals surface area (Å²) in [6, 6.07) is 11.1. The molecule has 1 aliphatic rings. The lowest BCUT2D eigenvalue weighted by Gasteiger charge is -2.07. The molecule has 0 aliphatic heterocycles. The fourth-order valence-electron chi connectivity index (χ4n) is 3.15. The van der Waals surface area contributed by atoms with Gasteiger partial charge in [0.2, 0.25) is 0 Å². The molecule has 3 N–H and O–H groups in total. The first-order chi connectivity index (χ1) is 14.0. The zero-order chi connectivity index (χ0) is 20.5. The number of anilines is 1. The second-order valence-electron chi connectivity index (χ2n) is 7.11. The highest BCUT2D eigenvalue weighted by atomic mass is 35.5. The molecule has 0 radical (unpaired) electrons. The molecule has 1 saturated carbocycles. The third-order valence-corrected chi connectivity index (χ3v) is 5.23. The Balaban J connectivity index is 1.55. The van der Waals surface area contributed by atoms with Gasteiger partial charge in [-0.25, -0.2) is 0 Å². The van der Waals surface area contributed by atoms with E-state index >= 15 is 0 Å². The number of nitriles is 1. The van der Waals surface area contributed by atoms with E-state index in [9.17, 15) is 4.79 Å². The van der Waals surface area contributed by atoms with Crippen LogP contribution in [0.4, 0.5) is 5.82 Å². The van der Waals surface area contributed by atoms with Crippen molar-refractivity contribution >= 4 is 23.3 Å². The van der Waals surface area contributed by atoms with E-state index in [-0.39, 0.29) is 5.91 Å². The quantitative estimate of drug-likeness (QED) is 0.675. The van der Waals surface area contributed by atoms with Gasteiger partial charge in [0, 0.05) is 23.5 Å². The standard InChI is InChI=1S/C21H19ClN6O/c1-12-19(14-3-4-15(9-23)17(22)8-14)20(24)27-28(12)11-13-2-7-18(25-10-13)21(29)26-16-5-6-16/h2-4,7-8,10,16H,5-6,11H2,1H3,(H2,24,27)(H,26,29). The highest BCUT2D eigenvalue weighted by Crippen LogP contribution is 2.32. The largest absolute Gasteiger partial charge is 0.382 e. The predicted molar refractivity (Wildman–Crippen MR) is 110 cm³/mol. The molecule has 1 fully saturated rings. The molecule has 1 amide bonds. The minimum absolute atomic E-state index is 0.140. The average molecular weight is 407 g/mol. The zero-order valence-electron chi connectivity index (χ0n) is 15.8. The van der Waals surface area contributed by atoms with Crippen molar-refractivity contribution in [1.29, 1.82) is 5.26 Å². The summed E-state index contributed by atoms with van der Waals surface area (Å²) in [7, 11) is 0. The van der Waals surface area contributed by atoms with Crippen LogP contribution in [0.3, 0.4) is 0 Å². The molecule has 1 aliphatic carbocycles. The number of amides is 1. The van der Waals surface area contributed by atoms with Crippen LogP contribution in [-0.4, -0.2) is 26.7 Å². The van der Waals surface area contributed by atoms with Gasteiger partial charge in [-0.3, -0.25) is 14.5 Å². The molecular weight excluding hydrogens is 388 g/mol. The summed E-state index contributed by atoms with van der Waals surface area (Å²) in [6.07, 6.45) is 3.75. The van der Waals surface area contributed by atoms with Crippen molar-refractivity contribution in [3.05, 3.63) is 64.1 Å². The number of benzene rings is 1. The molecule has 4 rings (SSSR count). The van der Waals surface area contributed by atoms with Gasteiger partial charge in [0.15, 0.2) is 5.82 Å². The molecule has 0 atom stereocenters. The molecule has 3 aromatic rings. The Morgan fingerprint density at radius 2 is 2.17 bits per heavy atom. The van der Waals surface area contributed by atoms with E-state index < -0.39 is 0 Å². The lowest BCUT2D eigenvalue weighted by atomic mass is 10.0. The van der Waals surface area contributed by atoms with Crippen LogP contribution in [0.5, 0.6) is 0 Å². The fourth-order valence-corrected chi connectivity index (χ4v) is 3.38. The van der Waals surface area contributed by atoms with Crippen molar-refractivity contribution in [2.75, 3.05) is 5.73 Å². The zero-order valence-corrected chi connectivity index (χ0v) is 16.6. The smallest absolute Gasteiger partial charge is 0.270 e. The number of carbonyl (C=O) groups excluding carboxylic acids is 1. The van der Waals surface area contributed by atoms with Gasteiger partial charge >= 0.3 is 0 Å². The van der Waals surface area contributed by atoms with E-state index in [1.54, 1.807) is 29.1 Å². The number of pyridine rings is 1. The van der Waals surface area contributed by atoms with Crippen molar-refractivity contribution < 1.29 is 4.79 Å². The van der Waals surface area contributed by atoms with Crippen LogP contribution >= 0.6 is 11.6 Å². The summed E-state index contributed by atoms with van der Waals surface area (Å²) in [5.74, 6) is 0.246. The molecule has 0 spiro atoms. The first kappa shape index (κ1) is 19.0. The van der Waals surface area contributed by atoms with Crippen molar-refractivity contribution in [1.82, 2.24) is 20.1 Å². The summed E-state index contributed by atoms with van der Waals surface area (Å²) in [4.78, 5) is 16.3. The molecule has 29 heavy (non-hydrogen) atoms. The molecule has 1 aromatic carbocycles. The Labute approximate surface area is 173 Å². The highest BCUT2D eigenvalue weighted by Gasteiger charge is 2.24. The number of nitrogen functional groups attached to an aromatic ring is 1. The van der Waals surface area contributed by atoms with Crippen LogP contribution in [0.1, 0.15) is 40.2 Å². The predicted octanol–water partition coefficient (Wildman–Crippen LogP) is 3.30. The van der Waals surface area contributed by atoms with E-state index in [4.69, 9.17) is 22.6 Å². The van der Waals surface area contributed by atoms with Crippen LogP contribution < -0.4 is 11.1 Å². The molecule has 0 unspecified atom stereocenters. The van der Waals surface area contributed by atoms with Crippen LogP contribution in [0.2, 0.25) is 5.02 Å². The van der Waals surface area contributed by atoms with Gasteiger partial charge in [-0.05, 0) is 49.1 Å². The Hall–Kier alpha value is -3.37. The summed E-state index contributed by atoms with van der Waals surface area (Å²) in [6.45, 7) is 2.40. The maximum atomic E-state index is 12.1. The topological polar surface area (TPSA) is 110 Å². The van der Waals surface area contributed by atoms with Crippen LogP contribution in [0, 0.1) is 18.3 Å². The number of hydrogen-bond acceptors (Lipinski definition) is 5. The Morgan fingerprint density at radius 3 is 2.79 bits per heavy atom. The third kappa shape index (κ3) is 3.93. The molecule has 146 valence electrons. The number of rotatable bonds is 5.